The number of nitrogens with one attached hydrogen (secondary N) is 1. The van der Waals surface area contributed by atoms with Gasteiger partial charge in [-0.2, -0.15) is 0 Å². The summed E-state index contributed by atoms with van der Waals surface area (Å²) in [4.78, 5) is 29.8. The molecule has 150 valence electrons. The Balaban J connectivity index is 1.57. The molecule has 2 aromatic heterocycles. The summed E-state index contributed by atoms with van der Waals surface area (Å²) < 4.78 is 31.9. The van der Waals surface area contributed by atoms with Crippen molar-refractivity contribution in [2.45, 2.75) is 25.7 Å². The summed E-state index contributed by atoms with van der Waals surface area (Å²) in [5.41, 5.74) is 1.97. The van der Waals surface area contributed by atoms with Crippen molar-refractivity contribution >= 4 is 11.7 Å². The Labute approximate surface area is 165 Å². The molecule has 1 saturated heterocycles. The van der Waals surface area contributed by atoms with Crippen LogP contribution in [0, 0.1) is 6.92 Å². The third kappa shape index (κ3) is 3.70. The number of alkyl halides is 2. The van der Waals surface area contributed by atoms with E-state index in [9.17, 15) is 18.4 Å². The normalized spacial score (nSPS) is 16.0. The average Bonchev–Trinajstić information content (AvgIpc) is 3.35. The predicted molar refractivity (Wildman–Crippen MR) is 101 cm³/mol. The molecule has 1 fully saturated rings. The Kier molecular flexibility index (Phi) is 4.77. The van der Waals surface area contributed by atoms with Crippen molar-refractivity contribution in [2.75, 3.05) is 13.1 Å². The van der Waals surface area contributed by atoms with Gasteiger partial charge in [0, 0.05) is 43.3 Å². The van der Waals surface area contributed by atoms with Crippen LogP contribution in [-0.2, 0) is 0 Å². The van der Waals surface area contributed by atoms with Gasteiger partial charge in [-0.25, -0.2) is 8.78 Å². The summed E-state index contributed by atoms with van der Waals surface area (Å²) in [7, 11) is 0. The first kappa shape index (κ1) is 19.0. The molecule has 29 heavy (non-hydrogen) atoms. The van der Waals surface area contributed by atoms with Crippen LogP contribution < -0.4 is 0 Å². The lowest BCUT2D eigenvalue weighted by atomic mass is 9.99. The van der Waals surface area contributed by atoms with E-state index in [0.717, 1.165) is 5.56 Å². The van der Waals surface area contributed by atoms with E-state index in [0.29, 0.717) is 17.0 Å². The molecule has 1 aromatic carbocycles. The van der Waals surface area contributed by atoms with Crippen molar-refractivity contribution in [3.63, 3.8) is 0 Å². The van der Waals surface area contributed by atoms with Crippen LogP contribution in [0.1, 0.15) is 45.0 Å². The summed E-state index contributed by atoms with van der Waals surface area (Å²) in [5, 5.41) is 4.01. The summed E-state index contributed by atoms with van der Waals surface area (Å²) in [5.74, 6) is -3.08. The van der Waals surface area contributed by atoms with Gasteiger partial charge in [-0.15, -0.1) is 0 Å². The Morgan fingerprint density at radius 3 is 2.55 bits per heavy atom. The minimum atomic E-state index is -2.73. The molecule has 0 bridgehead atoms. The van der Waals surface area contributed by atoms with E-state index in [1.54, 1.807) is 6.92 Å². The lowest BCUT2D eigenvalue weighted by Gasteiger charge is -2.31. The quantitative estimate of drug-likeness (QED) is 0.671. The molecule has 0 atom stereocenters. The van der Waals surface area contributed by atoms with E-state index >= 15 is 0 Å². The molecule has 4 rings (SSSR count). The van der Waals surface area contributed by atoms with Crippen molar-refractivity contribution in [3.05, 3.63) is 65.2 Å². The molecule has 0 spiro atoms. The molecular formula is C21H19F2N3O3. The van der Waals surface area contributed by atoms with Crippen LogP contribution >= 0.6 is 0 Å². The molecule has 0 unspecified atom stereocenters. The summed E-state index contributed by atoms with van der Waals surface area (Å²) >= 11 is 0. The van der Waals surface area contributed by atoms with E-state index in [1.165, 1.54) is 17.2 Å². The van der Waals surface area contributed by atoms with Gasteiger partial charge in [0.15, 0.2) is 5.78 Å². The number of hydrogen-bond donors (Lipinski definition) is 1. The molecule has 8 heteroatoms. The molecule has 3 heterocycles. The van der Waals surface area contributed by atoms with Gasteiger partial charge in [0.1, 0.15) is 17.1 Å². The van der Waals surface area contributed by atoms with Crippen molar-refractivity contribution in [3.8, 4) is 11.3 Å². The molecule has 3 aromatic rings. The molecule has 1 N–H and O–H groups in total. The highest BCUT2D eigenvalue weighted by atomic mass is 19.3. The lowest BCUT2D eigenvalue weighted by Crippen LogP contribution is -2.42. The first-order valence-corrected chi connectivity index (χ1v) is 9.28. The summed E-state index contributed by atoms with van der Waals surface area (Å²) in [6.07, 6.45) is 0.729. The Hall–Kier alpha value is -3.29. The number of piperidine rings is 1. The second kappa shape index (κ2) is 7.27. The second-order valence-corrected chi connectivity index (χ2v) is 7.11. The Bertz CT molecular complexity index is 1050. The highest BCUT2D eigenvalue weighted by molar-refractivity contribution is 6.13. The van der Waals surface area contributed by atoms with Gasteiger partial charge in [0.25, 0.3) is 11.8 Å². The lowest BCUT2D eigenvalue weighted by molar-refractivity contribution is -0.0495. The number of carbonyl (C=O) groups is 2. The maximum atomic E-state index is 13.3. The number of hydrogen-bond acceptors (Lipinski definition) is 4. The number of likely N-dealkylation sites (tertiary alicyclic amines) is 1. The van der Waals surface area contributed by atoms with Crippen molar-refractivity contribution in [2.24, 2.45) is 0 Å². The fourth-order valence-electron chi connectivity index (χ4n) is 3.43. The molecule has 0 saturated carbocycles. The number of benzene rings is 1. The number of aromatic amines is 1. The highest BCUT2D eigenvalue weighted by Gasteiger charge is 2.36. The molecular weight excluding hydrogens is 380 g/mol. The van der Waals surface area contributed by atoms with E-state index < -0.39 is 11.8 Å². The number of amides is 1. The van der Waals surface area contributed by atoms with Crippen LogP contribution in [-0.4, -0.2) is 45.7 Å². The number of H-pyrrole nitrogens is 1. The zero-order chi connectivity index (χ0) is 20.6. The first-order valence-electron chi connectivity index (χ1n) is 9.28. The van der Waals surface area contributed by atoms with Crippen LogP contribution in [0.4, 0.5) is 8.78 Å². The van der Waals surface area contributed by atoms with E-state index in [-0.39, 0.29) is 43.0 Å². The van der Waals surface area contributed by atoms with Crippen LogP contribution in [0.2, 0.25) is 0 Å². The first-order chi connectivity index (χ1) is 13.9. The van der Waals surface area contributed by atoms with Gasteiger partial charge in [-0.1, -0.05) is 35.5 Å². The van der Waals surface area contributed by atoms with Crippen molar-refractivity contribution < 1.29 is 22.9 Å². The Morgan fingerprint density at radius 1 is 1.17 bits per heavy atom. The Morgan fingerprint density at radius 2 is 1.86 bits per heavy atom. The topological polar surface area (TPSA) is 79.2 Å². The number of ketones is 1. The fraction of sp³-hybridized carbons (Fsp3) is 0.286. The zero-order valence-corrected chi connectivity index (χ0v) is 15.7. The van der Waals surface area contributed by atoms with Crippen LogP contribution in [0.25, 0.3) is 11.3 Å². The van der Waals surface area contributed by atoms with Crippen LogP contribution in [0.15, 0.2) is 47.1 Å². The maximum absolute atomic E-state index is 13.3. The smallest absolute Gasteiger partial charge is 0.270 e. The summed E-state index contributed by atoms with van der Waals surface area (Å²) in [6.45, 7) is 1.62. The standard InChI is InChI=1S/C21H19F2N3O3/c1-13-17(18(25-29-13)14-5-3-2-4-6-14)19(27)15-11-16(24-12-15)20(28)26-9-7-21(22,23)8-10-26/h2-6,11-12,24H,7-10H2,1H3. The third-order valence-corrected chi connectivity index (χ3v) is 5.09. The van der Waals surface area contributed by atoms with Gasteiger partial charge in [-0.3, -0.25) is 9.59 Å². The number of aromatic nitrogens is 2. The van der Waals surface area contributed by atoms with Gasteiger partial charge in [0.2, 0.25) is 0 Å². The van der Waals surface area contributed by atoms with Gasteiger partial charge in [0.05, 0.1) is 5.56 Å². The fourth-order valence-corrected chi connectivity index (χ4v) is 3.43. The van der Waals surface area contributed by atoms with Crippen LogP contribution in [0.5, 0.6) is 0 Å². The summed E-state index contributed by atoms with van der Waals surface area (Å²) in [6, 6.07) is 10.6. The van der Waals surface area contributed by atoms with E-state index in [4.69, 9.17) is 4.52 Å². The van der Waals surface area contributed by atoms with E-state index in [2.05, 4.69) is 10.1 Å². The average molecular weight is 399 g/mol. The molecule has 1 amide bonds. The zero-order valence-electron chi connectivity index (χ0n) is 15.7. The number of nitrogens with zero attached hydrogens (tertiary/aromatic N) is 2. The predicted octanol–water partition coefficient (Wildman–Crippen LogP) is 4.08. The van der Waals surface area contributed by atoms with Crippen molar-refractivity contribution in [1.29, 1.82) is 0 Å². The minimum Gasteiger partial charge on any atom is -0.360 e. The number of halogens is 2. The molecule has 1 aliphatic heterocycles. The number of rotatable bonds is 4. The SMILES string of the molecule is Cc1onc(-c2ccccc2)c1C(=O)c1c[nH]c(C(=O)N2CCC(F)(F)CC2)c1. The second-order valence-electron chi connectivity index (χ2n) is 7.11. The third-order valence-electron chi connectivity index (χ3n) is 5.09. The maximum Gasteiger partial charge on any atom is 0.270 e. The van der Waals surface area contributed by atoms with Gasteiger partial charge < -0.3 is 14.4 Å². The minimum absolute atomic E-state index is 0.0168. The molecule has 1 aliphatic rings. The van der Waals surface area contributed by atoms with Crippen LogP contribution in [0.3, 0.4) is 0 Å². The van der Waals surface area contributed by atoms with Gasteiger partial charge >= 0.3 is 0 Å². The molecule has 0 radical (unpaired) electrons. The van der Waals surface area contributed by atoms with Gasteiger partial charge in [-0.05, 0) is 13.0 Å². The van der Waals surface area contributed by atoms with Crippen molar-refractivity contribution in [1.82, 2.24) is 15.0 Å². The largest absolute Gasteiger partial charge is 0.360 e. The highest BCUT2D eigenvalue weighted by Crippen LogP contribution is 2.29. The molecule has 6 nitrogen and oxygen atoms in total. The molecule has 0 aliphatic carbocycles. The number of carbonyl (C=O) groups excluding carboxylic acids is 2. The van der Waals surface area contributed by atoms with E-state index in [1.807, 2.05) is 30.3 Å². The monoisotopic (exact) mass is 399 g/mol. The number of aryl methyl sites for hydroxylation is 1.